The van der Waals surface area contributed by atoms with Gasteiger partial charge in [-0.3, -0.25) is 9.11 Å². The number of benzene rings is 1. The predicted octanol–water partition coefficient (Wildman–Crippen LogP) is 6.94. The minimum atomic E-state index is -4.66. The minimum Gasteiger partial charge on any atom is -0.290 e. The number of allylic oxidation sites excluding steroid dienone is 2. The van der Waals surface area contributed by atoms with Crippen LogP contribution in [0.15, 0.2) is 46.2 Å². The summed E-state index contributed by atoms with van der Waals surface area (Å²) in [6.45, 7) is 1.56. The Balaban J connectivity index is 2.06. The molecule has 0 unspecified atom stereocenters. The Morgan fingerprint density at radius 2 is 1.83 bits per heavy atom. The maximum absolute atomic E-state index is 13.3. The van der Waals surface area contributed by atoms with Gasteiger partial charge in [-0.25, -0.2) is 9.50 Å². The van der Waals surface area contributed by atoms with E-state index in [1.807, 2.05) is 0 Å². The van der Waals surface area contributed by atoms with E-state index in [1.165, 1.54) is 0 Å². The third kappa shape index (κ3) is 3.71. The van der Waals surface area contributed by atoms with Crippen molar-refractivity contribution in [3.05, 3.63) is 57.7 Å². The molecule has 0 saturated heterocycles. The zero-order valence-corrected chi connectivity index (χ0v) is 17.5. The van der Waals surface area contributed by atoms with E-state index in [0.717, 1.165) is 29.8 Å². The van der Waals surface area contributed by atoms with E-state index in [0.29, 0.717) is 21.9 Å². The lowest BCUT2D eigenvalue weighted by Gasteiger charge is -2.38. The van der Waals surface area contributed by atoms with Crippen LogP contribution < -0.4 is 0 Å². The zero-order valence-electron chi connectivity index (χ0n) is 15.9. The molecule has 2 heterocycles. The van der Waals surface area contributed by atoms with E-state index in [9.17, 15) is 22.3 Å². The van der Waals surface area contributed by atoms with Crippen LogP contribution >= 0.6 is 22.2 Å². The smallest absolute Gasteiger partial charge is 0.290 e. The van der Waals surface area contributed by atoms with Crippen molar-refractivity contribution in [2.45, 2.75) is 43.7 Å². The molecule has 0 atom stereocenters. The average molecular weight is 458 g/mol. The lowest BCUT2D eigenvalue weighted by atomic mass is 10.1. The number of nitrogens with zero attached hydrogens (tertiary/aromatic N) is 3. The number of aryl methyl sites for hydroxylation is 1. The van der Waals surface area contributed by atoms with E-state index >= 15 is 0 Å². The Morgan fingerprint density at radius 1 is 1.13 bits per heavy atom. The number of halogens is 4. The van der Waals surface area contributed by atoms with E-state index in [-0.39, 0.29) is 21.9 Å². The van der Waals surface area contributed by atoms with Gasteiger partial charge in [-0.05, 0) is 44.7 Å². The molecule has 0 fully saturated rings. The third-order valence-electron chi connectivity index (χ3n) is 5.04. The second kappa shape index (κ2) is 7.56. The summed E-state index contributed by atoms with van der Waals surface area (Å²) in [6.07, 6.45) is 0.134. The van der Waals surface area contributed by atoms with Crippen LogP contribution in [0.3, 0.4) is 0 Å². The largest absolute Gasteiger partial charge is 0.435 e. The first-order valence-corrected chi connectivity index (χ1v) is 11.2. The average Bonchev–Trinajstić information content (AvgIpc) is 3.12. The van der Waals surface area contributed by atoms with Crippen molar-refractivity contribution in [3.63, 3.8) is 0 Å². The summed E-state index contributed by atoms with van der Waals surface area (Å²) in [4.78, 5) is 4.79. The van der Waals surface area contributed by atoms with Gasteiger partial charge in [0.05, 0.1) is 11.4 Å². The van der Waals surface area contributed by atoms with Gasteiger partial charge in [-0.2, -0.15) is 18.3 Å². The fourth-order valence-electron chi connectivity index (χ4n) is 3.64. The van der Waals surface area contributed by atoms with Crippen molar-refractivity contribution < 1.29 is 22.3 Å². The molecule has 1 aliphatic carbocycles. The molecule has 0 aliphatic heterocycles. The van der Waals surface area contributed by atoms with Gasteiger partial charge in [-0.15, -0.1) is 10.6 Å². The van der Waals surface area contributed by atoms with Gasteiger partial charge in [0.2, 0.25) is 0 Å². The van der Waals surface area contributed by atoms with Crippen molar-refractivity contribution in [1.29, 1.82) is 0 Å². The Kier molecular flexibility index (Phi) is 5.34. The molecule has 4 rings (SSSR count). The molecule has 30 heavy (non-hydrogen) atoms. The maximum Gasteiger partial charge on any atom is 0.435 e. The Labute approximate surface area is 177 Å². The summed E-state index contributed by atoms with van der Waals surface area (Å²) in [5.41, 5.74) is -0.265. The molecule has 0 spiro atoms. The van der Waals surface area contributed by atoms with E-state index in [4.69, 9.17) is 11.6 Å². The molecule has 0 radical (unpaired) electrons. The van der Waals surface area contributed by atoms with Crippen molar-refractivity contribution in [2.24, 2.45) is 0 Å². The molecule has 3 aromatic rings. The highest BCUT2D eigenvalue weighted by atomic mass is 35.5. The summed E-state index contributed by atoms with van der Waals surface area (Å²) >= 11 is 5.98. The number of rotatable bonds is 3. The number of fused-ring (bicyclic) bond motifs is 1. The fraction of sp³-hybridized carbons (Fsp3) is 0.300. The lowest BCUT2D eigenvalue weighted by Crippen LogP contribution is -2.13. The Morgan fingerprint density at radius 3 is 2.43 bits per heavy atom. The van der Waals surface area contributed by atoms with E-state index < -0.39 is 22.5 Å². The fourth-order valence-corrected chi connectivity index (χ4v) is 5.74. The molecule has 5 nitrogen and oxygen atoms in total. The van der Waals surface area contributed by atoms with Crippen LogP contribution in [-0.4, -0.2) is 23.7 Å². The zero-order chi connectivity index (χ0) is 21.7. The van der Waals surface area contributed by atoms with Crippen molar-refractivity contribution in [3.8, 4) is 11.3 Å². The minimum absolute atomic E-state index is 0.0265. The summed E-state index contributed by atoms with van der Waals surface area (Å²) in [5, 5.41) is 4.16. The van der Waals surface area contributed by atoms with Crippen LogP contribution in [0.4, 0.5) is 13.2 Å². The molecule has 0 saturated carbocycles. The highest BCUT2D eigenvalue weighted by molar-refractivity contribution is 8.27. The molecule has 2 N–H and O–H groups in total. The van der Waals surface area contributed by atoms with Crippen LogP contribution in [0.2, 0.25) is 5.02 Å². The van der Waals surface area contributed by atoms with E-state index in [1.54, 1.807) is 37.3 Å². The molecule has 0 bridgehead atoms. The molecule has 1 aromatic carbocycles. The molecule has 160 valence electrons. The first-order valence-electron chi connectivity index (χ1n) is 9.30. The first kappa shape index (κ1) is 21.2. The highest BCUT2D eigenvalue weighted by Crippen LogP contribution is 2.61. The SMILES string of the molecule is Cc1nc2cc(C(F)(F)F)nn2c(-c2ccc(Cl)cc2)c1S(O)(O)C1=CCCCC1. The van der Waals surface area contributed by atoms with Gasteiger partial charge in [0.1, 0.15) is 4.90 Å². The predicted molar refractivity (Wildman–Crippen MR) is 111 cm³/mol. The van der Waals surface area contributed by atoms with Crippen LogP contribution in [0.25, 0.3) is 16.9 Å². The highest BCUT2D eigenvalue weighted by Gasteiger charge is 2.36. The molecular weight excluding hydrogens is 439 g/mol. The van der Waals surface area contributed by atoms with Crippen LogP contribution in [0.1, 0.15) is 37.1 Å². The van der Waals surface area contributed by atoms with Gasteiger partial charge < -0.3 is 0 Å². The number of alkyl halides is 3. The number of hydrogen-bond donors (Lipinski definition) is 2. The van der Waals surface area contributed by atoms with Crippen molar-refractivity contribution in [1.82, 2.24) is 14.6 Å². The van der Waals surface area contributed by atoms with Gasteiger partial charge in [0, 0.05) is 21.6 Å². The third-order valence-corrected chi connectivity index (χ3v) is 7.45. The second-order valence-electron chi connectivity index (χ2n) is 7.14. The standard InChI is InChI=1S/C20H19ClF3N3O2S/c1-12-19(30(28,29)15-5-3-2-4-6-15)18(13-7-9-14(21)10-8-13)27-17(25-12)11-16(26-27)20(22,23)24/h5,7-11,28-29H,2-4,6H2,1H3. The lowest BCUT2D eigenvalue weighted by molar-refractivity contribution is -0.141. The van der Waals surface area contributed by atoms with Gasteiger partial charge in [-0.1, -0.05) is 29.8 Å². The van der Waals surface area contributed by atoms with Crippen LogP contribution in [0.5, 0.6) is 0 Å². The summed E-state index contributed by atoms with van der Waals surface area (Å²) < 4.78 is 63.5. The van der Waals surface area contributed by atoms with Gasteiger partial charge in [0.15, 0.2) is 11.3 Å². The van der Waals surface area contributed by atoms with Gasteiger partial charge in [0.25, 0.3) is 0 Å². The molecular formula is C20H19ClF3N3O2S. The molecule has 0 amide bonds. The monoisotopic (exact) mass is 457 g/mol. The molecule has 1 aliphatic rings. The van der Waals surface area contributed by atoms with Crippen molar-refractivity contribution >= 4 is 27.8 Å². The number of hydrogen-bond acceptors (Lipinski definition) is 4. The summed E-state index contributed by atoms with van der Waals surface area (Å²) in [5.74, 6) is 0. The summed E-state index contributed by atoms with van der Waals surface area (Å²) in [6, 6.07) is 7.24. The normalized spacial score (nSPS) is 16.0. The van der Waals surface area contributed by atoms with Gasteiger partial charge >= 0.3 is 6.18 Å². The topological polar surface area (TPSA) is 70.7 Å². The van der Waals surface area contributed by atoms with E-state index in [2.05, 4.69) is 10.1 Å². The first-order chi connectivity index (χ1) is 14.1. The second-order valence-corrected chi connectivity index (χ2v) is 9.61. The van der Waals surface area contributed by atoms with Crippen molar-refractivity contribution in [2.75, 3.05) is 0 Å². The Hall–Kier alpha value is -2.07. The Bertz CT molecular complexity index is 1140. The molecule has 2 aromatic heterocycles. The van der Waals surface area contributed by atoms with Crippen LogP contribution in [-0.2, 0) is 6.18 Å². The molecule has 10 heteroatoms. The summed E-state index contributed by atoms with van der Waals surface area (Å²) in [7, 11) is -3.48. The number of aromatic nitrogens is 3. The van der Waals surface area contributed by atoms with Crippen LogP contribution in [0, 0.1) is 6.92 Å². The maximum atomic E-state index is 13.3. The quantitative estimate of drug-likeness (QED) is 0.446.